The van der Waals surface area contributed by atoms with Gasteiger partial charge in [-0.2, -0.15) is 0 Å². The molecule has 0 saturated carbocycles. The maximum absolute atomic E-state index is 9.58. The van der Waals surface area contributed by atoms with E-state index in [1.807, 2.05) is 19.1 Å². The molecule has 0 fully saturated rings. The molecule has 1 rings (SSSR count). The zero-order valence-electron chi connectivity index (χ0n) is 7.62. The molecule has 2 heteroatoms. The second kappa shape index (κ2) is 4.21. The predicted molar refractivity (Wildman–Crippen MR) is 48.8 cm³/mol. The van der Waals surface area contributed by atoms with Gasteiger partial charge in [0.2, 0.25) is 0 Å². The van der Waals surface area contributed by atoms with Crippen LogP contribution in [0, 0.1) is 6.92 Å². The number of nitrogens with zero attached hydrogens (tertiary/aromatic N) is 1. The van der Waals surface area contributed by atoms with Crippen LogP contribution in [0.3, 0.4) is 0 Å². The molecule has 0 aromatic carbocycles. The molecule has 0 radical (unpaired) electrons. The molecule has 0 bridgehead atoms. The first-order chi connectivity index (χ1) is 5.74. The Morgan fingerprint density at radius 3 is 2.92 bits per heavy atom. The number of aliphatic hydroxyl groups is 1. The van der Waals surface area contributed by atoms with Crippen LogP contribution in [0.2, 0.25) is 0 Å². The molecule has 0 unspecified atom stereocenters. The van der Waals surface area contributed by atoms with E-state index in [0.717, 1.165) is 24.1 Å². The van der Waals surface area contributed by atoms with Crippen molar-refractivity contribution in [3.8, 4) is 0 Å². The lowest BCUT2D eigenvalue weighted by Gasteiger charge is -2.08. The van der Waals surface area contributed by atoms with Gasteiger partial charge in [0, 0.05) is 6.20 Å². The zero-order chi connectivity index (χ0) is 8.97. The Balaban J connectivity index is 2.73. The average Bonchev–Trinajstić information content (AvgIpc) is 2.05. The highest BCUT2D eigenvalue weighted by atomic mass is 16.3. The van der Waals surface area contributed by atoms with Crippen LogP contribution in [0.1, 0.15) is 37.1 Å². The molecule has 1 atom stereocenters. The fraction of sp³-hybridized carbons (Fsp3) is 0.500. The lowest BCUT2D eigenvalue weighted by Crippen LogP contribution is -1.99. The quantitative estimate of drug-likeness (QED) is 0.745. The van der Waals surface area contributed by atoms with Gasteiger partial charge in [-0.25, -0.2) is 0 Å². The largest absolute Gasteiger partial charge is 0.387 e. The molecule has 66 valence electrons. The van der Waals surface area contributed by atoms with E-state index in [9.17, 15) is 5.11 Å². The van der Waals surface area contributed by atoms with Crippen LogP contribution in [-0.4, -0.2) is 10.1 Å². The Morgan fingerprint density at radius 2 is 2.33 bits per heavy atom. The van der Waals surface area contributed by atoms with E-state index in [4.69, 9.17) is 0 Å². The summed E-state index contributed by atoms with van der Waals surface area (Å²) < 4.78 is 0. The molecule has 0 amide bonds. The Bertz CT molecular complexity index is 247. The highest BCUT2D eigenvalue weighted by molar-refractivity contribution is 5.15. The maximum atomic E-state index is 9.58. The maximum Gasteiger partial charge on any atom is 0.0959 e. The standard InChI is InChI=1S/C10H15NO/c1-3-4-10(12)9-7-8(2)5-6-11-9/h5-7,10,12H,3-4H2,1-2H3/t10-/m1/s1. The third kappa shape index (κ3) is 2.31. The van der Waals surface area contributed by atoms with Gasteiger partial charge >= 0.3 is 0 Å². The lowest BCUT2D eigenvalue weighted by atomic mass is 10.1. The summed E-state index contributed by atoms with van der Waals surface area (Å²) in [4.78, 5) is 4.11. The number of aryl methyl sites for hydroxylation is 1. The van der Waals surface area contributed by atoms with Gasteiger partial charge in [0.1, 0.15) is 0 Å². The van der Waals surface area contributed by atoms with Crippen LogP contribution < -0.4 is 0 Å². The van der Waals surface area contributed by atoms with E-state index in [2.05, 4.69) is 11.9 Å². The van der Waals surface area contributed by atoms with Crippen molar-refractivity contribution in [3.05, 3.63) is 29.6 Å². The van der Waals surface area contributed by atoms with Crippen LogP contribution in [0.25, 0.3) is 0 Å². The molecule has 12 heavy (non-hydrogen) atoms. The summed E-state index contributed by atoms with van der Waals surface area (Å²) in [5.41, 5.74) is 1.94. The van der Waals surface area contributed by atoms with Crippen LogP contribution >= 0.6 is 0 Å². The van der Waals surface area contributed by atoms with E-state index in [1.54, 1.807) is 6.20 Å². The molecule has 2 nitrogen and oxygen atoms in total. The average molecular weight is 165 g/mol. The Kier molecular flexibility index (Phi) is 3.23. The van der Waals surface area contributed by atoms with Gasteiger partial charge in [-0.15, -0.1) is 0 Å². The number of hydrogen-bond donors (Lipinski definition) is 1. The van der Waals surface area contributed by atoms with Crippen molar-refractivity contribution >= 4 is 0 Å². The monoisotopic (exact) mass is 165 g/mol. The van der Waals surface area contributed by atoms with Crippen molar-refractivity contribution in [1.82, 2.24) is 4.98 Å². The molecule has 0 saturated heterocycles. The van der Waals surface area contributed by atoms with Gasteiger partial charge in [-0.05, 0) is 31.0 Å². The molecule has 0 spiro atoms. The van der Waals surface area contributed by atoms with Gasteiger partial charge < -0.3 is 5.11 Å². The second-order valence-electron chi connectivity index (χ2n) is 3.06. The van der Waals surface area contributed by atoms with E-state index >= 15 is 0 Å². The smallest absolute Gasteiger partial charge is 0.0959 e. The summed E-state index contributed by atoms with van der Waals surface area (Å²) in [6.45, 7) is 4.06. The van der Waals surface area contributed by atoms with Gasteiger partial charge in [0.15, 0.2) is 0 Å². The van der Waals surface area contributed by atoms with Crippen molar-refractivity contribution in [3.63, 3.8) is 0 Å². The van der Waals surface area contributed by atoms with Crippen molar-refractivity contribution in [1.29, 1.82) is 0 Å². The molecule has 1 N–H and O–H groups in total. The van der Waals surface area contributed by atoms with E-state index in [0.29, 0.717) is 0 Å². The van der Waals surface area contributed by atoms with Crippen molar-refractivity contribution < 1.29 is 5.11 Å². The number of aromatic nitrogens is 1. The van der Waals surface area contributed by atoms with Gasteiger partial charge in [0.25, 0.3) is 0 Å². The van der Waals surface area contributed by atoms with E-state index in [1.165, 1.54) is 0 Å². The summed E-state index contributed by atoms with van der Waals surface area (Å²) >= 11 is 0. The minimum Gasteiger partial charge on any atom is -0.387 e. The van der Waals surface area contributed by atoms with Gasteiger partial charge in [0.05, 0.1) is 11.8 Å². The third-order valence-corrected chi connectivity index (χ3v) is 1.84. The summed E-state index contributed by atoms with van der Waals surface area (Å²) in [5.74, 6) is 0. The number of pyridine rings is 1. The fourth-order valence-corrected chi connectivity index (χ4v) is 1.16. The highest BCUT2D eigenvalue weighted by Crippen LogP contribution is 2.15. The Morgan fingerprint density at radius 1 is 1.58 bits per heavy atom. The molecule has 1 aromatic rings. The normalized spacial score (nSPS) is 12.9. The number of hydrogen-bond acceptors (Lipinski definition) is 2. The molecule has 0 aliphatic heterocycles. The van der Waals surface area contributed by atoms with Crippen molar-refractivity contribution in [2.24, 2.45) is 0 Å². The van der Waals surface area contributed by atoms with Crippen LogP contribution in [0.15, 0.2) is 18.3 Å². The molecular weight excluding hydrogens is 150 g/mol. The van der Waals surface area contributed by atoms with E-state index < -0.39 is 6.10 Å². The Hall–Kier alpha value is -0.890. The van der Waals surface area contributed by atoms with Crippen LogP contribution in [0.4, 0.5) is 0 Å². The summed E-state index contributed by atoms with van der Waals surface area (Å²) in [5, 5.41) is 9.58. The minimum absolute atomic E-state index is 0.394. The summed E-state index contributed by atoms with van der Waals surface area (Å²) in [6, 6.07) is 3.86. The van der Waals surface area contributed by atoms with Crippen molar-refractivity contribution in [2.75, 3.05) is 0 Å². The molecule has 1 aromatic heterocycles. The van der Waals surface area contributed by atoms with Crippen LogP contribution in [0.5, 0.6) is 0 Å². The molecule has 0 aliphatic carbocycles. The van der Waals surface area contributed by atoms with E-state index in [-0.39, 0.29) is 0 Å². The summed E-state index contributed by atoms with van der Waals surface area (Å²) in [7, 11) is 0. The molecule has 0 aliphatic rings. The Labute approximate surface area is 73.3 Å². The van der Waals surface area contributed by atoms with Gasteiger partial charge in [-0.3, -0.25) is 4.98 Å². The SMILES string of the molecule is CCC[C@@H](O)c1cc(C)ccn1. The van der Waals surface area contributed by atoms with Crippen LogP contribution in [-0.2, 0) is 0 Å². The topological polar surface area (TPSA) is 33.1 Å². The first kappa shape index (κ1) is 9.20. The molecule has 1 heterocycles. The zero-order valence-corrected chi connectivity index (χ0v) is 7.62. The minimum atomic E-state index is -0.394. The summed E-state index contributed by atoms with van der Waals surface area (Å²) in [6.07, 6.45) is 3.12. The number of rotatable bonds is 3. The third-order valence-electron chi connectivity index (χ3n) is 1.84. The highest BCUT2D eigenvalue weighted by Gasteiger charge is 2.06. The van der Waals surface area contributed by atoms with Crippen molar-refractivity contribution in [2.45, 2.75) is 32.8 Å². The first-order valence-corrected chi connectivity index (χ1v) is 4.34. The van der Waals surface area contributed by atoms with Gasteiger partial charge in [-0.1, -0.05) is 13.3 Å². The predicted octanol–water partition coefficient (Wildman–Crippen LogP) is 2.22. The molecular formula is C10H15NO. The number of aliphatic hydroxyl groups excluding tert-OH is 1. The fourth-order valence-electron chi connectivity index (χ4n) is 1.16. The lowest BCUT2D eigenvalue weighted by molar-refractivity contribution is 0.161. The second-order valence-corrected chi connectivity index (χ2v) is 3.06. The first-order valence-electron chi connectivity index (χ1n) is 4.34.